The Morgan fingerprint density at radius 1 is 0.917 bits per heavy atom. The topological polar surface area (TPSA) is 86.8 Å². The number of hydrogen-bond donors (Lipinski definition) is 1. The molecule has 2 amide bonds. The molecule has 1 atom stereocenters. The monoisotopic (exact) mass is 511 g/mol. The van der Waals surface area contributed by atoms with Gasteiger partial charge in [0.05, 0.1) is 10.6 Å². The Labute approximate surface area is 211 Å². The molecule has 0 aromatic heterocycles. The van der Waals surface area contributed by atoms with Gasteiger partial charge in [-0.15, -0.1) is 0 Å². The van der Waals surface area contributed by atoms with Crippen LogP contribution in [0.2, 0.25) is 0 Å². The summed E-state index contributed by atoms with van der Waals surface area (Å²) in [7, 11) is -2.71. The van der Waals surface area contributed by atoms with Crippen molar-refractivity contribution >= 4 is 27.5 Å². The van der Waals surface area contributed by atoms with Crippen molar-refractivity contribution in [3.8, 4) is 0 Å². The highest BCUT2D eigenvalue weighted by atomic mass is 32.2. The number of sulfonamides is 1. The minimum Gasteiger partial charge on any atom is -0.357 e. The van der Waals surface area contributed by atoms with Crippen LogP contribution in [0.4, 0.5) is 10.1 Å². The molecule has 9 heteroatoms. The van der Waals surface area contributed by atoms with Crippen molar-refractivity contribution in [3.05, 3.63) is 96.3 Å². The maximum atomic E-state index is 13.7. The Morgan fingerprint density at radius 3 is 2.06 bits per heavy atom. The number of nitrogens with one attached hydrogen (secondary N) is 1. The molecule has 0 radical (unpaired) electrons. The molecule has 0 aliphatic rings. The first-order valence-corrected chi connectivity index (χ1v) is 13.1. The Bertz CT molecular complexity index is 1250. The lowest BCUT2D eigenvalue weighted by molar-refractivity contribution is -0.139. The van der Waals surface area contributed by atoms with Gasteiger partial charge in [-0.1, -0.05) is 55.5 Å². The summed E-state index contributed by atoms with van der Waals surface area (Å²) in [6.45, 7) is 1.51. The molecule has 0 aliphatic heterocycles. The molecule has 0 fully saturated rings. The SMILES string of the molecule is CC[C@@H](C(=O)NC)N(CCc1ccccc1)C(=O)CN(c1ccccc1)S(=O)(=O)c1ccc(F)cc1. The number of anilines is 1. The van der Waals surface area contributed by atoms with Gasteiger partial charge in [0, 0.05) is 13.6 Å². The minimum atomic E-state index is -4.21. The number of amides is 2. The summed E-state index contributed by atoms with van der Waals surface area (Å²) in [5.41, 5.74) is 1.27. The van der Waals surface area contributed by atoms with Crippen molar-refractivity contribution in [2.24, 2.45) is 0 Å². The highest BCUT2D eigenvalue weighted by Gasteiger charge is 2.33. The average molecular weight is 512 g/mol. The van der Waals surface area contributed by atoms with Crippen LogP contribution in [-0.4, -0.2) is 51.3 Å². The lowest BCUT2D eigenvalue weighted by Gasteiger charge is -2.33. The van der Waals surface area contributed by atoms with Crippen LogP contribution in [0.3, 0.4) is 0 Å². The largest absolute Gasteiger partial charge is 0.357 e. The Hall–Kier alpha value is -3.72. The van der Waals surface area contributed by atoms with E-state index < -0.39 is 34.3 Å². The highest BCUT2D eigenvalue weighted by Crippen LogP contribution is 2.24. The van der Waals surface area contributed by atoms with Crippen molar-refractivity contribution in [1.29, 1.82) is 0 Å². The lowest BCUT2D eigenvalue weighted by Crippen LogP contribution is -2.52. The summed E-state index contributed by atoms with van der Waals surface area (Å²) in [5.74, 6) is -1.41. The third kappa shape index (κ3) is 6.48. The molecule has 0 heterocycles. The number of carbonyl (C=O) groups is 2. The molecular formula is C27H30FN3O4S. The highest BCUT2D eigenvalue weighted by molar-refractivity contribution is 7.92. The van der Waals surface area contributed by atoms with Crippen LogP contribution < -0.4 is 9.62 Å². The zero-order chi connectivity index (χ0) is 26.1. The number of nitrogens with zero attached hydrogens (tertiary/aromatic N) is 2. The second-order valence-electron chi connectivity index (χ2n) is 8.16. The zero-order valence-corrected chi connectivity index (χ0v) is 21.1. The second kappa shape index (κ2) is 12.3. The summed E-state index contributed by atoms with van der Waals surface area (Å²) in [6, 6.07) is 21.4. The predicted octanol–water partition coefficient (Wildman–Crippen LogP) is 3.62. The van der Waals surface area contributed by atoms with E-state index in [2.05, 4.69) is 5.32 Å². The molecule has 7 nitrogen and oxygen atoms in total. The predicted molar refractivity (Wildman–Crippen MR) is 137 cm³/mol. The fourth-order valence-corrected chi connectivity index (χ4v) is 5.33. The average Bonchev–Trinajstić information content (AvgIpc) is 2.90. The number of para-hydroxylation sites is 1. The van der Waals surface area contributed by atoms with Gasteiger partial charge in [0.25, 0.3) is 10.0 Å². The fourth-order valence-electron chi connectivity index (χ4n) is 3.92. The maximum Gasteiger partial charge on any atom is 0.264 e. The number of rotatable bonds is 11. The molecule has 0 saturated carbocycles. The molecule has 3 aromatic carbocycles. The van der Waals surface area contributed by atoms with E-state index in [4.69, 9.17) is 0 Å². The zero-order valence-electron chi connectivity index (χ0n) is 20.3. The van der Waals surface area contributed by atoms with Crippen LogP contribution >= 0.6 is 0 Å². The van der Waals surface area contributed by atoms with Gasteiger partial charge >= 0.3 is 0 Å². The van der Waals surface area contributed by atoms with Crippen LogP contribution in [0.25, 0.3) is 0 Å². The summed E-state index contributed by atoms with van der Waals surface area (Å²) in [6.07, 6.45) is 0.854. The molecule has 1 N–H and O–H groups in total. The number of likely N-dealkylation sites (N-methyl/N-ethyl adjacent to an activating group) is 1. The van der Waals surface area contributed by atoms with Gasteiger partial charge in [-0.05, 0) is 54.8 Å². The standard InChI is InChI=1S/C27H30FN3O4S/c1-3-25(27(33)29-2)30(19-18-21-10-6-4-7-11-21)26(32)20-31(23-12-8-5-9-13-23)36(34,35)24-16-14-22(28)15-17-24/h4-17,25H,3,18-20H2,1-2H3,(H,29,33)/t25-/m0/s1. The molecule has 0 spiro atoms. The summed E-state index contributed by atoms with van der Waals surface area (Å²) in [5, 5.41) is 2.60. The van der Waals surface area contributed by atoms with Gasteiger partial charge in [0.15, 0.2) is 0 Å². The quantitative estimate of drug-likeness (QED) is 0.426. The van der Waals surface area contributed by atoms with Crippen molar-refractivity contribution in [2.75, 3.05) is 24.4 Å². The number of benzene rings is 3. The van der Waals surface area contributed by atoms with Crippen LogP contribution in [0.5, 0.6) is 0 Å². The third-order valence-electron chi connectivity index (χ3n) is 5.84. The summed E-state index contributed by atoms with van der Waals surface area (Å²) >= 11 is 0. The van der Waals surface area contributed by atoms with Crippen LogP contribution in [0, 0.1) is 5.82 Å². The van der Waals surface area contributed by atoms with E-state index >= 15 is 0 Å². The van der Waals surface area contributed by atoms with E-state index in [0.717, 1.165) is 34.1 Å². The minimum absolute atomic E-state index is 0.144. The van der Waals surface area contributed by atoms with Crippen molar-refractivity contribution in [2.45, 2.75) is 30.7 Å². The Kier molecular flexibility index (Phi) is 9.19. The van der Waals surface area contributed by atoms with E-state index in [-0.39, 0.29) is 23.0 Å². The molecule has 36 heavy (non-hydrogen) atoms. The van der Waals surface area contributed by atoms with Crippen molar-refractivity contribution in [1.82, 2.24) is 10.2 Å². The van der Waals surface area contributed by atoms with Gasteiger partial charge in [-0.25, -0.2) is 12.8 Å². The lowest BCUT2D eigenvalue weighted by atomic mass is 10.1. The maximum absolute atomic E-state index is 13.7. The Balaban J connectivity index is 1.97. The smallest absolute Gasteiger partial charge is 0.264 e. The Morgan fingerprint density at radius 2 is 1.50 bits per heavy atom. The molecule has 0 unspecified atom stereocenters. The van der Waals surface area contributed by atoms with Gasteiger partial charge in [0.1, 0.15) is 18.4 Å². The molecule has 190 valence electrons. The van der Waals surface area contributed by atoms with E-state index in [1.165, 1.54) is 11.9 Å². The van der Waals surface area contributed by atoms with E-state index in [1.807, 2.05) is 30.3 Å². The first-order chi connectivity index (χ1) is 17.3. The van der Waals surface area contributed by atoms with Gasteiger partial charge < -0.3 is 10.2 Å². The van der Waals surface area contributed by atoms with Crippen molar-refractivity contribution < 1.29 is 22.4 Å². The number of hydrogen-bond acceptors (Lipinski definition) is 4. The van der Waals surface area contributed by atoms with E-state index in [0.29, 0.717) is 12.8 Å². The third-order valence-corrected chi connectivity index (χ3v) is 7.63. The molecule has 0 aliphatic carbocycles. The first-order valence-electron chi connectivity index (χ1n) is 11.7. The van der Waals surface area contributed by atoms with Crippen molar-refractivity contribution in [3.63, 3.8) is 0 Å². The first kappa shape index (κ1) is 26.9. The molecule has 0 saturated heterocycles. The molecule has 3 rings (SSSR count). The molecule has 3 aromatic rings. The van der Waals surface area contributed by atoms with Gasteiger partial charge in [-0.2, -0.15) is 0 Å². The number of halogens is 1. The van der Waals surface area contributed by atoms with Crippen LogP contribution in [-0.2, 0) is 26.0 Å². The van der Waals surface area contributed by atoms with E-state index in [1.54, 1.807) is 37.3 Å². The second-order valence-corrected chi connectivity index (χ2v) is 10.0. The number of carbonyl (C=O) groups excluding carboxylic acids is 2. The molecule has 0 bridgehead atoms. The fraction of sp³-hybridized carbons (Fsp3) is 0.259. The summed E-state index contributed by atoms with van der Waals surface area (Å²) in [4.78, 5) is 27.6. The normalized spacial score (nSPS) is 12.0. The summed E-state index contributed by atoms with van der Waals surface area (Å²) < 4.78 is 41.6. The van der Waals surface area contributed by atoms with Crippen LogP contribution in [0.15, 0.2) is 89.8 Å². The van der Waals surface area contributed by atoms with Crippen LogP contribution in [0.1, 0.15) is 18.9 Å². The van der Waals surface area contributed by atoms with Gasteiger partial charge in [0.2, 0.25) is 11.8 Å². The van der Waals surface area contributed by atoms with E-state index in [9.17, 15) is 22.4 Å². The molecular weight excluding hydrogens is 481 g/mol. The van der Waals surface area contributed by atoms with Gasteiger partial charge in [-0.3, -0.25) is 13.9 Å².